The van der Waals surface area contributed by atoms with Gasteiger partial charge in [0.25, 0.3) is 0 Å². The number of hydrogen-bond donors (Lipinski definition) is 0. The van der Waals surface area contributed by atoms with Crippen molar-refractivity contribution in [1.29, 1.82) is 0 Å². The number of hydrogen-bond acceptors (Lipinski definition) is 4. The predicted molar refractivity (Wildman–Crippen MR) is 129 cm³/mol. The van der Waals surface area contributed by atoms with E-state index in [1.807, 2.05) is 6.07 Å². The third kappa shape index (κ3) is 4.83. The lowest BCUT2D eigenvalue weighted by atomic mass is 9.96. The van der Waals surface area contributed by atoms with Gasteiger partial charge >= 0.3 is 0 Å². The molecule has 4 aromatic rings. The van der Waals surface area contributed by atoms with E-state index in [0.29, 0.717) is 37.1 Å². The molecule has 1 aliphatic rings. The molecule has 1 aliphatic heterocycles. The van der Waals surface area contributed by atoms with Gasteiger partial charge in [0.15, 0.2) is 0 Å². The minimum atomic E-state index is -0.314. The third-order valence-electron chi connectivity index (χ3n) is 6.45. The number of carbonyl (C=O) groups is 1. The van der Waals surface area contributed by atoms with Crippen molar-refractivity contribution < 1.29 is 13.6 Å². The molecule has 1 fully saturated rings. The summed E-state index contributed by atoms with van der Waals surface area (Å²) < 4.78 is 28.7. The number of piperazine rings is 1. The van der Waals surface area contributed by atoms with Crippen LogP contribution in [0.2, 0.25) is 0 Å². The highest BCUT2D eigenvalue weighted by Gasteiger charge is 2.28. The van der Waals surface area contributed by atoms with Gasteiger partial charge in [-0.25, -0.2) is 8.78 Å². The molecule has 178 valence electrons. The van der Waals surface area contributed by atoms with Crippen LogP contribution in [0.25, 0.3) is 10.9 Å². The first-order chi connectivity index (χ1) is 17.0. The van der Waals surface area contributed by atoms with Gasteiger partial charge in [-0.05, 0) is 47.5 Å². The Bertz CT molecular complexity index is 1350. The van der Waals surface area contributed by atoms with E-state index in [9.17, 15) is 18.4 Å². The lowest BCUT2D eigenvalue weighted by Crippen LogP contribution is -2.50. The molecule has 1 amide bonds. The smallest absolute Gasteiger partial charge is 0.244 e. The van der Waals surface area contributed by atoms with Crippen LogP contribution in [0.3, 0.4) is 0 Å². The summed E-state index contributed by atoms with van der Waals surface area (Å²) in [7, 11) is 0. The van der Waals surface area contributed by atoms with Crippen LogP contribution < -0.4 is 5.43 Å². The molecular formula is C27H24F2N4O2. The summed E-state index contributed by atoms with van der Waals surface area (Å²) in [5, 5.41) is 4.69. The van der Waals surface area contributed by atoms with E-state index >= 15 is 0 Å². The van der Waals surface area contributed by atoms with Crippen LogP contribution in [0.15, 0.2) is 83.8 Å². The molecule has 0 aliphatic carbocycles. The maximum atomic E-state index is 13.6. The number of para-hydroxylation sites is 1. The number of amides is 1. The van der Waals surface area contributed by atoms with Gasteiger partial charge in [0, 0.05) is 31.6 Å². The number of rotatable bonds is 5. The quantitative estimate of drug-likeness (QED) is 0.444. The first kappa shape index (κ1) is 22.9. The Morgan fingerprint density at radius 1 is 0.829 bits per heavy atom. The molecular weight excluding hydrogens is 450 g/mol. The summed E-state index contributed by atoms with van der Waals surface area (Å²) in [4.78, 5) is 29.2. The van der Waals surface area contributed by atoms with Crippen molar-refractivity contribution in [3.05, 3.63) is 112 Å². The van der Waals surface area contributed by atoms with Crippen LogP contribution in [-0.4, -0.2) is 51.7 Å². The zero-order chi connectivity index (χ0) is 24.4. The van der Waals surface area contributed by atoms with E-state index in [1.54, 1.807) is 52.0 Å². The Balaban J connectivity index is 1.32. The first-order valence-corrected chi connectivity index (χ1v) is 11.5. The van der Waals surface area contributed by atoms with Crippen molar-refractivity contribution >= 4 is 16.8 Å². The highest BCUT2D eigenvalue weighted by atomic mass is 19.1. The van der Waals surface area contributed by atoms with E-state index in [0.717, 1.165) is 11.1 Å². The Kier molecular flexibility index (Phi) is 6.37. The zero-order valence-electron chi connectivity index (χ0n) is 19.0. The molecule has 2 heterocycles. The molecule has 35 heavy (non-hydrogen) atoms. The number of nitrogens with zero attached hydrogens (tertiary/aromatic N) is 4. The molecule has 0 atom stereocenters. The minimum Gasteiger partial charge on any atom is -0.339 e. The second-order valence-corrected chi connectivity index (χ2v) is 8.61. The van der Waals surface area contributed by atoms with Crippen LogP contribution in [0.4, 0.5) is 8.78 Å². The van der Waals surface area contributed by atoms with Gasteiger partial charge in [0.1, 0.15) is 18.2 Å². The Morgan fingerprint density at radius 2 is 1.40 bits per heavy atom. The van der Waals surface area contributed by atoms with Crippen molar-refractivity contribution in [2.75, 3.05) is 26.2 Å². The minimum absolute atomic E-state index is 0.0418. The van der Waals surface area contributed by atoms with Crippen molar-refractivity contribution in [1.82, 2.24) is 19.6 Å². The average molecular weight is 475 g/mol. The molecule has 0 bridgehead atoms. The van der Waals surface area contributed by atoms with Gasteiger partial charge in [0.05, 0.1) is 17.8 Å². The summed E-state index contributed by atoms with van der Waals surface area (Å²) in [5.41, 5.74) is 2.26. The molecule has 5 rings (SSSR count). The topological polar surface area (TPSA) is 58.4 Å². The zero-order valence-corrected chi connectivity index (χ0v) is 19.0. The molecule has 8 heteroatoms. The lowest BCUT2D eigenvalue weighted by Gasteiger charge is -2.40. The molecule has 1 aromatic heterocycles. The molecule has 3 aromatic carbocycles. The summed E-state index contributed by atoms with van der Waals surface area (Å²) in [6.45, 7) is 2.26. The maximum Gasteiger partial charge on any atom is 0.244 e. The Labute approximate surface area is 201 Å². The largest absolute Gasteiger partial charge is 0.339 e. The van der Waals surface area contributed by atoms with Crippen molar-refractivity contribution in [3.8, 4) is 0 Å². The fraction of sp³-hybridized carbons (Fsp3) is 0.222. The van der Waals surface area contributed by atoms with Crippen LogP contribution in [0, 0.1) is 11.6 Å². The monoisotopic (exact) mass is 474 g/mol. The van der Waals surface area contributed by atoms with E-state index in [-0.39, 0.29) is 35.6 Å². The number of aromatic nitrogens is 2. The standard InChI is InChI=1S/C27H24F2N4O2/c28-21-9-5-19(6-10-21)27(20-7-11-22(29)12-8-20)32-15-13-31(14-16-32)26(35)18-33-24-4-2-1-3-23(24)25(34)17-30-33/h1-12,17,27H,13-16,18H2. The molecule has 1 saturated heterocycles. The average Bonchev–Trinajstić information content (AvgIpc) is 2.89. The highest BCUT2D eigenvalue weighted by Crippen LogP contribution is 2.30. The van der Waals surface area contributed by atoms with E-state index in [2.05, 4.69) is 10.00 Å². The first-order valence-electron chi connectivity index (χ1n) is 11.5. The molecule has 6 nitrogen and oxygen atoms in total. The second kappa shape index (κ2) is 9.76. The van der Waals surface area contributed by atoms with Gasteiger partial charge in [-0.15, -0.1) is 0 Å². The number of halogens is 2. The lowest BCUT2D eigenvalue weighted by molar-refractivity contribution is -0.134. The van der Waals surface area contributed by atoms with E-state index in [1.165, 1.54) is 30.5 Å². The number of carbonyl (C=O) groups excluding carboxylic acids is 1. The van der Waals surface area contributed by atoms with Crippen LogP contribution in [0.1, 0.15) is 17.2 Å². The fourth-order valence-corrected chi connectivity index (χ4v) is 4.65. The maximum absolute atomic E-state index is 13.6. The number of benzene rings is 3. The summed E-state index contributed by atoms with van der Waals surface area (Å²) in [6, 6.07) is 19.6. The SMILES string of the molecule is O=C(Cn1ncc(=O)c2ccccc21)N1CCN(C(c2ccc(F)cc2)c2ccc(F)cc2)CC1. The summed E-state index contributed by atoms with van der Waals surface area (Å²) >= 11 is 0. The highest BCUT2D eigenvalue weighted by molar-refractivity contribution is 5.81. The molecule has 0 N–H and O–H groups in total. The molecule has 0 unspecified atom stereocenters. The second-order valence-electron chi connectivity index (χ2n) is 8.61. The molecule has 0 saturated carbocycles. The van der Waals surface area contributed by atoms with Crippen LogP contribution in [0.5, 0.6) is 0 Å². The summed E-state index contributed by atoms with van der Waals surface area (Å²) in [5.74, 6) is -0.706. The van der Waals surface area contributed by atoms with Gasteiger partial charge in [0.2, 0.25) is 11.3 Å². The van der Waals surface area contributed by atoms with Gasteiger partial charge in [-0.1, -0.05) is 36.4 Å². The van der Waals surface area contributed by atoms with Crippen LogP contribution >= 0.6 is 0 Å². The van der Waals surface area contributed by atoms with Crippen molar-refractivity contribution in [3.63, 3.8) is 0 Å². The Morgan fingerprint density at radius 3 is 2.00 bits per heavy atom. The van der Waals surface area contributed by atoms with Crippen molar-refractivity contribution in [2.24, 2.45) is 0 Å². The summed E-state index contributed by atoms with van der Waals surface area (Å²) in [6.07, 6.45) is 1.24. The number of fused-ring (bicyclic) bond motifs is 1. The van der Waals surface area contributed by atoms with Crippen molar-refractivity contribution in [2.45, 2.75) is 12.6 Å². The van der Waals surface area contributed by atoms with Gasteiger partial charge in [-0.2, -0.15) is 5.10 Å². The third-order valence-corrected chi connectivity index (χ3v) is 6.45. The van der Waals surface area contributed by atoms with Gasteiger partial charge < -0.3 is 4.90 Å². The van der Waals surface area contributed by atoms with Crippen LogP contribution in [-0.2, 0) is 11.3 Å². The van der Waals surface area contributed by atoms with E-state index in [4.69, 9.17) is 0 Å². The predicted octanol–water partition coefficient (Wildman–Crippen LogP) is 3.61. The molecule has 0 spiro atoms. The Hall–Kier alpha value is -3.91. The van der Waals surface area contributed by atoms with E-state index < -0.39 is 0 Å². The fourth-order valence-electron chi connectivity index (χ4n) is 4.65. The molecule has 0 radical (unpaired) electrons. The van der Waals surface area contributed by atoms with Gasteiger partial charge in [-0.3, -0.25) is 19.2 Å². The normalized spacial score (nSPS) is 14.5.